The molecule has 6 nitrogen and oxygen atoms in total. The van der Waals surface area contributed by atoms with Crippen LogP contribution in [-0.4, -0.2) is 47.2 Å². The summed E-state index contributed by atoms with van der Waals surface area (Å²) in [6.07, 6.45) is 1.31. The molecule has 0 aliphatic carbocycles. The van der Waals surface area contributed by atoms with E-state index in [1.165, 1.54) is 0 Å². The van der Waals surface area contributed by atoms with Crippen LogP contribution in [0.15, 0.2) is 12.3 Å². The second kappa shape index (κ2) is 4.98. The monoisotopic (exact) mass is 242 g/mol. The summed E-state index contributed by atoms with van der Waals surface area (Å²) in [5, 5.41) is 3.25. The zero-order valence-corrected chi connectivity index (χ0v) is 9.28. The summed E-state index contributed by atoms with van der Waals surface area (Å²) in [5.74, 6) is 0.646. The van der Waals surface area contributed by atoms with E-state index in [0.717, 1.165) is 0 Å². The van der Waals surface area contributed by atoms with E-state index in [-0.39, 0.29) is 11.4 Å². The Morgan fingerprint density at radius 2 is 2.50 bits per heavy atom. The van der Waals surface area contributed by atoms with Crippen LogP contribution in [0.2, 0.25) is 5.28 Å². The van der Waals surface area contributed by atoms with Gasteiger partial charge < -0.3 is 15.0 Å². The number of anilines is 1. The Morgan fingerprint density at radius 1 is 1.62 bits per heavy atom. The zero-order chi connectivity index (χ0) is 11.4. The smallest absolute Gasteiger partial charge is 0.409 e. The highest BCUT2D eigenvalue weighted by atomic mass is 35.5. The Morgan fingerprint density at radius 3 is 3.19 bits per heavy atom. The molecule has 1 aromatic heterocycles. The number of ether oxygens (including phenoxy) is 1. The van der Waals surface area contributed by atoms with Crippen LogP contribution < -0.4 is 5.32 Å². The van der Waals surface area contributed by atoms with E-state index >= 15 is 0 Å². The topological polar surface area (TPSA) is 67.3 Å². The molecule has 16 heavy (non-hydrogen) atoms. The van der Waals surface area contributed by atoms with Crippen LogP contribution >= 0.6 is 11.6 Å². The highest BCUT2D eigenvalue weighted by molar-refractivity contribution is 6.28. The van der Waals surface area contributed by atoms with Gasteiger partial charge in [0.25, 0.3) is 0 Å². The molecule has 7 heteroatoms. The lowest BCUT2D eigenvalue weighted by atomic mass is 10.5. The van der Waals surface area contributed by atoms with Crippen LogP contribution in [0, 0.1) is 0 Å². The Labute approximate surface area is 97.6 Å². The fourth-order valence-corrected chi connectivity index (χ4v) is 1.53. The minimum absolute atomic E-state index is 0.200. The summed E-state index contributed by atoms with van der Waals surface area (Å²) in [4.78, 5) is 20.5. The van der Waals surface area contributed by atoms with Gasteiger partial charge in [-0.2, -0.15) is 0 Å². The van der Waals surface area contributed by atoms with Gasteiger partial charge in [0.1, 0.15) is 12.4 Å². The highest BCUT2D eigenvalue weighted by Crippen LogP contribution is 2.06. The number of amides is 1. The molecule has 0 spiro atoms. The number of hydrogen-bond donors (Lipinski definition) is 1. The molecule has 1 aliphatic heterocycles. The maximum atomic E-state index is 11.1. The minimum Gasteiger partial charge on any atom is -0.448 e. The summed E-state index contributed by atoms with van der Waals surface area (Å²) >= 11 is 5.63. The number of halogens is 1. The lowest BCUT2D eigenvalue weighted by molar-refractivity contribution is 0.159. The van der Waals surface area contributed by atoms with Crippen LogP contribution in [0.3, 0.4) is 0 Å². The first-order valence-corrected chi connectivity index (χ1v) is 5.27. The van der Waals surface area contributed by atoms with Crippen molar-refractivity contribution >= 4 is 23.5 Å². The van der Waals surface area contributed by atoms with Crippen molar-refractivity contribution in [3.05, 3.63) is 17.5 Å². The number of nitrogens with zero attached hydrogens (tertiary/aromatic N) is 3. The largest absolute Gasteiger partial charge is 0.448 e. The lowest BCUT2D eigenvalue weighted by Gasteiger charge is -2.12. The summed E-state index contributed by atoms with van der Waals surface area (Å²) in [7, 11) is 0. The van der Waals surface area contributed by atoms with Gasteiger partial charge in [-0.1, -0.05) is 0 Å². The summed E-state index contributed by atoms with van der Waals surface area (Å²) in [5.41, 5.74) is 0. The second-order valence-electron chi connectivity index (χ2n) is 3.24. The van der Waals surface area contributed by atoms with Gasteiger partial charge in [0.2, 0.25) is 5.28 Å². The third kappa shape index (κ3) is 2.73. The average Bonchev–Trinajstić information content (AvgIpc) is 2.65. The SMILES string of the molecule is O=C1OCCN1CCNc1ccnc(Cl)n1. The molecule has 0 saturated carbocycles. The molecule has 1 N–H and O–H groups in total. The summed E-state index contributed by atoms with van der Waals surface area (Å²) in [6, 6.07) is 1.72. The van der Waals surface area contributed by atoms with Gasteiger partial charge in [-0.3, -0.25) is 0 Å². The normalized spacial score (nSPS) is 15.1. The number of carbonyl (C=O) groups excluding carboxylic acids is 1. The fraction of sp³-hybridized carbons (Fsp3) is 0.444. The maximum Gasteiger partial charge on any atom is 0.409 e. The molecule has 0 unspecified atom stereocenters. The van der Waals surface area contributed by atoms with Crippen molar-refractivity contribution in [1.82, 2.24) is 14.9 Å². The van der Waals surface area contributed by atoms with Crippen molar-refractivity contribution in [2.45, 2.75) is 0 Å². The van der Waals surface area contributed by atoms with Crippen molar-refractivity contribution in [3.8, 4) is 0 Å². The second-order valence-corrected chi connectivity index (χ2v) is 3.58. The Balaban J connectivity index is 1.77. The predicted molar refractivity (Wildman–Crippen MR) is 58.5 cm³/mol. The average molecular weight is 243 g/mol. The van der Waals surface area contributed by atoms with Crippen molar-refractivity contribution in [2.75, 3.05) is 31.6 Å². The molecule has 0 aromatic carbocycles. The van der Waals surface area contributed by atoms with Crippen molar-refractivity contribution < 1.29 is 9.53 Å². The van der Waals surface area contributed by atoms with Crippen LogP contribution in [0.4, 0.5) is 10.6 Å². The van der Waals surface area contributed by atoms with Gasteiger partial charge in [-0.15, -0.1) is 0 Å². The van der Waals surface area contributed by atoms with Gasteiger partial charge in [0.15, 0.2) is 0 Å². The van der Waals surface area contributed by atoms with E-state index in [1.807, 2.05) is 0 Å². The number of hydrogen-bond acceptors (Lipinski definition) is 5. The molecule has 0 radical (unpaired) electrons. The van der Waals surface area contributed by atoms with Crippen LogP contribution in [0.5, 0.6) is 0 Å². The molecule has 1 aliphatic rings. The molecule has 0 atom stereocenters. The summed E-state index contributed by atoms with van der Waals surface area (Å²) < 4.78 is 4.80. The van der Waals surface area contributed by atoms with E-state index in [2.05, 4.69) is 15.3 Å². The number of carbonyl (C=O) groups is 1. The number of nitrogens with one attached hydrogen (secondary N) is 1. The van der Waals surface area contributed by atoms with E-state index in [9.17, 15) is 4.79 Å². The fourth-order valence-electron chi connectivity index (χ4n) is 1.38. The van der Waals surface area contributed by atoms with Gasteiger partial charge in [0.05, 0.1) is 6.54 Å². The van der Waals surface area contributed by atoms with E-state index < -0.39 is 0 Å². The molecule has 1 saturated heterocycles. The third-order valence-corrected chi connectivity index (χ3v) is 2.34. The first kappa shape index (κ1) is 10.9. The third-order valence-electron chi connectivity index (χ3n) is 2.16. The van der Waals surface area contributed by atoms with Gasteiger partial charge in [-0.25, -0.2) is 14.8 Å². The predicted octanol–water partition coefficient (Wildman–Crippen LogP) is 0.994. The molecule has 1 fully saturated rings. The van der Waals surface area contributed by atoms with Crippen molar-refractivity contribution in [2.24, 2.45) is 0 Å². The van der Waals surface area contributed by atoms with Crippen molar-refractivity contribution in [3.63, 3.8) is 0 Å². The molecule has 0 bridgehead atoms. The van der Waals surface area contributed by atoms with Gasteiger partial charge in [-0.05, 0) is 17.7 Å². The first-order valence-electron chi connectivity index (χ1n) is 4.90. The molecular formula is C9H11ClN4O2. The summed E-state index contributed by atoms with van der Waals surface area (Å²) in [6.45, 7) is 2.30. The van der Waals surface area contributed by atoms with E-state index in [1.54, 1.807) is 17.2 Å². The molecule has 2 rings (SSSR count). The Bertz CT molecular complexity index is 388. The maximum absolute atomic E-state index is 11.1. The lowest BCUT2D eigenvalue weighted by Crippen LogP contribution is -2.29. The van der Waals surface area contributed by atoms with E-state index in [0.29, 0.717) is 32.1 Å². The quantitative estimate of drug-likeness (QED) is 0.798. The Kier molecular flexibility index (Phi) is 3.40. The number of aromatic nitrogens is 2. The van der Waals surface area contributed by atoms with Crippen LogP contribution in [0.25, 0.3) is 0 Å². The highest BCUT2D eigenvalue weighted by Gasteiger charge is 2.20. The Hall–Kier alpha value is -1.56. The van der Waals surface area contributed by atoms with Gasteiger partial charge >= 0.3 is 6.09 Å². The standard InChI is InChI=1S/C9H11ClN4O2/c10-8-12-2-1-7(13-8)11-3-4-14-5-6-16-9(14)15/h1-2H,3-6H2,(H,11,12,13). The van der Waals surface area contributed by atoms with E-state index in [4.69, 9.17) is 16.3 Å². The number of rotatable bonds is 4. The zero-order valence-electron chi connectivity index (χ0n) is 8.52. The molecule has 1 amide bonds. The molecular weight excluding hydrogens is 232 g/mol. The first-order chi connectivity index (χ1) is 7.75. The van der Waals surface area contributed by atoms with Crippen molar-refractivity contribution in [1.29, 1.82) is 0 Å². The molecule has 1 aromatic rings. The number of cyclic esters (lactones) is 1. The molecule has 2 heterocycles. The van der Waals surface area contributed by atoms with Gasteiger partial charge in [0, 0.05) is 19.3 Å². The molecule has 86 valence electrons. The minimum atomic E-state index is -0.262. The van der Waals surface area contributed by atoms with Crippen LogP contribution in [0.1, 0.15) is 0 Å². The van der Waals surface area contributed by atoms with Crippen LogP contribution in [-0.2, 0) is 4.74 Å².